The highest BCUT2D eigenvalue weighted by atomic mass is 127. The summed E-state index contributed by atoms with van der Waals surface area (Å²) in [7, 11) is 0. The molecule has 0 aromatic rings. The fourth-order valence-corrected chi connectivity index (χ4v) is 3.26. The van der Waals surface area contributed by atoms with Crippen LogP contribution in [0.3, 0.4) is 0 Å². The first kappa shape index (κ1) is 13.2. The van der Waals surface area contributed by atoms with Crippen LogP contribution in [0.25, 0.3) is 0 Å². The predicted octanol–water partition coefficient (Wildman–Crippen LogP) is 4.50. The van der Waals surface area contributed by atoms with Gasteiger partial charge in [0.2, 0.25) is 0 Å². The number of Topliss-reactive ketones (excluding diaryl/α,β-unsaturated/α-hetero) is 1. The van der Waals surface area contributed by atoms with E-state index in [1.807, 2.05) is 0 Å². The van der Waals surface area contributed by atoms with E-state index in [9.17, 15) is 4.79 Å². The maximum absolute atomic E-state index is 11.1. The molecule has 86 valence electrons. The number of carbonyl (C=O) groups is 1. The predicted molar refractivity (Wildman–Crippen MR) is 73.1 cm³/mol. The fourth-order valence-electron chi connectivity index (χ4n) is 2.59. The average molecular weight is 320 g/mol. The first-order valence-electron chi connectivity index (χ1n) is 5.87. The maximum Gasteiger partial charge on any atom is 0.129 e. The van der Waals surface area contributed by atoms with E-state index in [-0.39, 0.29) is 0 Å². The summed E-state index contributed by atoms with van der Waals surface area (Å²) in [5.74, 6) is 1.76. The molecule has 15 heavy (non-hydrogen) atoms. The highest BCUT2D eigenvalue weighted by Gasteiger charge is 2.26. The number of hydrogen-bond donors (Lipinski definition) is 0. The molecule has 0 amide bonds. The Morgan fingerprint density at radius 3 is 2.67 bits per heavy atom. The zero-order valence-corrected chi connectivity index (χ0v) is 12.1. The van der Waals surface area contributed by atoms with Gasteiger partial charge in [-0.05, 0) is 77.5 Å². The highest BCUT2D eigenvalue weighted by Crippen LogP contribution is 2.39. The molecule has 1 rings (SSSR count). The molecule has 0 bridgehead atoms. The minimum atomic E-state index is 0.332. The molecule has 0 aliphatic heterocycles. The first-order valence-corrected chi connectivity index (χ1v) is 6.94. The molecule has 0 heterocycles. The molecule has 0 radical (unpaired) electrons. The normalized spacial score (nSPS) is 30.1. The molecule has 0 aromatic carbocycles. The van der Waals surface area contributed by atoms with Crippen LogP contribution in [0.5, 0.6) is 0 Å². The van der Waals surface area contributed by atoms with Crippen LogP contribution in [-0.2, 0) is 4.79 Å². The Kier molecular flexibility index (Phi) is 5.30. The smallest absolute Gasteiger partial charge is 0.129 e. The lowest BCUT2D eigenvalue weighted by Gasteiger charge is -2.32. The van der Waals surface area contributed by atoms with Crippen LogP contribution in [0, 0.1) is 11.8 Å². The van der Waals surface area contributed by atoms with Crippen molar-refractivity contribution in [1.29, 1.82) is 0 Å². The van der Waals surface area contributed by atoms with Crippen molar-refractivity contribution in [2.75, 3.05) is 0 Å². The van der Waals surface area contributed by atoms with E-state index >= 15 is 0 Å². The van der Waals surface area contributed by atoms with Crippen molar-refractivity contribution in [3.8, 4) is 0 Å². The second-order valence-electron chi connectivity index (χ2n) is 4.78. The molecule has 0 N–H and O–H groups in total. The number of halogens is 1. The van der Waals surface area contributed by atoms with Gasteiger partial charge < -0.3 is 4.79 Å². The Labute approximate surface area is 107 Å². The van der Waals surface area contributed by atoms with Gasteiger partial charge in [-0.1, -0.05) is 12.5 Å². The average Bonchev–Trinajstić information content (AvgIpc) is 2.15. The summed E-state index contributed by atoms with van der Waals surface area (Å²) in [5, 5.41) is 0. The minimum absolute atomic E-state index is 0.332. The summed E-state index contributed by atoms with van der Waals surface area (Å²) < 4.78 is 1.45. The van der Waals surface area contributed by atoms with Crippen molar-refractivity contribution >= 4 is 28.4 Å². The highest BCUT2D eigenvalue weighted by molar-refractivity contribution is 14.1. The lowest BCUT2D eigenvalue weighted by atomic mass is 9.74. The Morgan fingerprint density at radius 2 is 2.13 bits per heavy atom. The molecule has 2 atom stereocenters. The van der Waals surface area contributed by atoms with Crippen LogP contribution in [0.1, 0.15) is 52.9 Å². The van der Waals surface area contributed by atoms with Crippen molar-refractivity contribution in [1.82, 2.24) is 0 Å². The molecule has 1 nitrogen and oxygen atoms in total. The third-order valence-electron chi connectivity index (χ3n) is 3.49. The van der Waals surface area contributed by atoms with Gasteiger partial charge in [0, 0.05) is 6.42 Å². The third-order valence-corrected chi connectivity index (χ3v) is 4.18. The van der Waals surface area contributed by atoms with Crippen molar-refractivity contribution in [3.05, 3.63) is 9.15 Å². The zero-order chi connectivity index (χ0) is 11.4. The maximum atomic E-state index is 11.1. The van der Waals surface area contributed by atoms with Crippen molar-refractivity contribution < 1.29 is 4.79 Å². The summed E-state index contributed by atoms with van der Waals surface area (Å²) in [4.78, 5) is 11.1. The van der Waals surface area contributed by atoms with Gasteiger partial charge in [-0.25, -0.2) is 0 Å². The fraction of sp³-hybridized carbons (Fsp3) is 0.769. The number of hydrogen-bond acceptors (Lipinski definition) is 1. The Bertz CT molecular complexity index is 264. The van der Waals surface area contributed by atoms with Gasteiger partial charge >= 0.3 is 0 Å². The Hall–Kier alpha value is 0.140. The Balaban J connectivity index is 2.69. The van der Waals surface area contributed by atoms with Crippen molar-refractivity contribution in [3.63, 3.8) is 0 Å². The molecule has 0 spiro atoms. The van der Waals surface area contributed by atoms with Crippen LogP contribution in [0.15, 0.2) is 9.15 Å². The summed E-state index contributed by atoms with van der Waals surface area (Å²) in [6.45, 7) is 6.24. The lowest BCUT2D eigenvalue weighted by molar-refractivity contribution is -0.117. The van der Waals surface area contributed by atoms with Crippen molar-refractivity contribution in [2.24, 2.45) is 11.8 Å². The SMILES string of the molecule is CC(=O)CC[C@@H]1/C(=C(/C)I)CCCC1C. The van der Waals surface area contributed by atoms with Gasteiger partial charge in [0.15, 0.2) is 0 Å². The molecule has 1 fully saturated rings. The largest absolute Gasteiger partial charge is 0.300 e. The summed E-state index contributed by atoms with van der Waals surface area (Å²) >= 11 is 2.44. The summed E-state index contributed by atoms with van der Waals surface area (Å²) in [6.07, 6.45) is 5.72. The van der Waals surface area contributed by atoms with E-state index in [0.29, 0.717) is 11.7 Å². The molecule has 0 saturated heterocycles. The monoisotopic (exact) mass is 320 g/mol. The van der Waals surface area contributed by atoms with Gasteiger partial charge in [0.25, 0.3) is 0 Å². The molecule has 1 unspecified atom stereocenters. The summed E-state index contributed by atoms with van der Waals surface area (Å²) in [6, 6.07) is 0. The minimum Gasteiger partial charge on any atom is -0.300 e. The van der Waals surface area contributed by atoms with Gasteiger partial charge in [-0.15, -0.1) is 0 Å². The second-order valence-corrected chi connectivity index (χ2v) is 6.39. The Morgan fingerprint density at radius 1 is 1.47 bits per heavy atom. The molecule has 0 aromatic heterocycles. The number of carbonyl (C=O) groups excluding carboxylic acids is 1. The van der Waals surface area contributed by atoms with Crippen LogP contribution >= 0.6 is 22.6 Å². The topological polar surface area (TPSA) is 17.1 Å². The number of ketones is 1. The molecule has 1 saturated carbocycles. The van der Waals surface area contributed by atoms with Gasteiger partial charge in [-0.3, -0.25) is 0 Å². The van der Waals surface area contributed by atoms with Crippen LogP contribution in [0.2, 0.25) is 0 Å². The van der Waals surface area contributed by atoms with E-state index in [4.69, 9.17) is 0 Å². The van der Waals surface area contributed by atoms with Gasteiger partial charge in [-0.2, -0.15) is 0 Å². The quantitative estimate of drug-likeness (QED) is 0.700. The van der Waals surface area contributed by atoms with E-state index in [1.54, 1.807) is 12.5 Å². The molecule has 1 aliphatic rings. The molecular weight excluding hydrogens is 299 g/mol. The second kappa shape index (κ2) is 6.02. The van der Waals surface area contributed by atoms with E-state index in [1.165, 1.54) is 22.8 Å². The van der Waals surface area contributed by atoms with E-state index < -0.39 is 0 Å². The first-order chi connectivity index (χ1) is 7.02. The number of allylic oxidation sites excluding steroid dienone is 2. The van der Waals surface area contributed by atoms with Crippen LogP contribution < -0.4 is 0 Å². The molecule has 2 heteroatoms. The molecular formula is C13H21IO. The van der Waals surface area contributed by atoms with Gasteiger partial charge in [0.05, 0.1) is 0 Å². The molecule has 1 aliphatic carbocycles. The van der Waals surface area contributed by atoms with Gasteiger partial charge in [0.1, 0.15) is 5.78 Å². The zero-order valence-electron chi connectivity index (χ0n) is 9.98. The summed E-state index contributed by atoms with van der Waals surface area (Å²) in [5.41, 5.74) is 1.62. The standard InChI is InChI=1S/C13H21IO/c1-9-5-4-6-13(11(3)14)12(9)8-7-10(2)15/h9,12H,4-8H2,1-3H3/b13-11-/t9?,12-/m0/s1. The van der Waals surface area contributed by atoms with Crippen LogP contribution in [0.4, 0.5) is 0 Å². The number of rotatable bonds is 3. The van der Waals surface area contributed by atoms with Crippen LogP contribution in [-0.4, -0.2) is 5.78 Å². The van der Waals surface area contributed by atoms with E-state index in [0.717, 1.165) is 18.8 Å². The van der Waals surface area contributed by atoms with Crippen molar-refractivity contribution in [2.45, 2.75) is 52.9 Å². The third kappa shape index (κ3) is 3.89. The lowest BCUT2D eigenvalue weighted by Crippen LogP contribution is -2.20. The van der Waals surface area contributed by atoms with E-state index in [2.05, 4.69) is 36.4 Å².